The number of carbonyl (C=O) groups excluding carboxylic acids is 1. The Bertz CT molecular complexity index is 1660. The summed E-state index contributed by atoms with van der Waals surface area (Å²) in [4.78, 5) is 48.3. The van der Waals surface area contributed by atoms with Gasteiger partial charge < -0.3 is 15.0 Å². The largest absolute Gasteiger partial charge is 0.467 e. The second kappa shape index (κ2) is 13.3. The van der Waals surface area contributed by atoms with Crippen molar-refractivity contribution in [3.05, 3.63) is 59.0 Å². The van der Waals surface area contributed by atoms with E-state index >= 15 is 0 Å². The van der Waals surface area contributed by atoms with Crippen LogP contribution in [0.25, 0.3) is 11.3 Å². The van der Waals surface area contributed by atoms with E-state index in [1.54, 1.807) is 24.8 Å². The number of amides is 1. The van der Waals surface area contributed by atoms with Gasteiger partial charge >= 0.3 is 6.01 Å². The van der Waals surface area contributed by atoms with Crippen LogP contribution in [0.1, 0.15) is 89.6 Å². The van der Waals surface area contributed by atoms with Crippen LogP contribution in [0.4, 0.5) is 5.95 Å². The van der Waals surface area contributed by atoms with Crippen molar-refractivity contribution in [1.82, 2.24) is 34.8 Å². The van der Waals surface area contributed by atoms with Gasteiger partial charge in [-0.3, -0.25) is 19.8 Å². The van der Waals surface area contributed by atoms with Crippen molar-refractivity contribution in [2.24, 2.45) is 16.3 Å². The first-order valence-corrected chi connectivity index (χ1v) is 16.8. The van der Waals surface area contributed by atoms with E-state index in [9.17, 15) is 4.79 Å². The molecule has 1 aliphatic carbocycles. The van der Waals surface area contributed by atoms with Gasteiger partial charge in [-0.2, -0.15) is 0 Å². The summed E-state index contributed by atoms with van der Waals surface area (Å²) in [5, 5.41) is 4.21. The Kier molecular flexibility index (Phi) is 9.29. The summed E-state index contributed by atoms with van der Waals surface area (Å²) in [5.41, 5.74) is 4.56. The van der Waals surface area contributed by atoms with Crippen molar-refractivity contribution in [1.29, 1.82) is 0 Å². The second-order valence-electron chi connectivity index (χ2n) is 14.6. The van der Waals surface area contributed by atoms with Gasteiger partial charge in [0.1, 0.15) is 5.71 Å². The molecule has 12 heteroatoms. The van der Waals surface area contributed by atoms with Gasteiger partial charge in [0, 0.05) is 55.0 Å². The monoisotopic (exact) mass is 657 g/mol. The Balaban J connectivity index is 1.19. The van der Waals surface area contributed by atoms with Gasteiger partial charge in [0.15, 0.2) is 0 Å². The van der Waals surface area contributed by atoms with Crippen LogP contribution in [0, 0.1) is 11.3 Å². The quantitative estimate of drug-likeness (QED) is 0.311. The van der Waals surface area contributed by atoms with Crippen LogP contribution in [-0.4, -0.2) is 79.2 Å². The standard InChI is InChI=1S/C35H44ClN9O2/c1-34(2,3)24-17-40-32(44-29(24)30-25(36)11-13-37-30)43-23-9-7-21(8-10-23)28(31(46)45-14-12-35(4,5)20-45)27-19-38-26(18-39-27)22-15-41-33(47-6)42-16-22/h11,15-19,21,23,28H,7-10,12-14,20H2,1-6H3,(H,40,43,44). The molecule has 2 aliphatic heterocycles. The van der Waals surface area contributed by atoms with E-state index in [1.165, 1.54) is 7.11 Å². The number of likely N-dealkylation sites (tertiary alicyclic amines) is 1. The second-order valence-corrected chi connectivity index (χ2v) is 15.0. The third-order valence-corrected chi connectivity index (χ3v) is 9.83. The summed E-state index contributed by atoms with van der Waals surface area (Å²) in [6, 6.07) is 0.474. The number of hydrogen-bond acceptors (Lipinski definition) is 10. The first-order chi connectivity index (χ1) is 22.4. The average Bonchev–Trinajstić information content (AvgIpc) is 3.66. The van der Waals surface area contributed by atoms with Crippen LogP contribution in [0.2, 0.25) is 0 Å². The van der Waals surface area contributed by atoms with E-state index < -0.39 is 0 Å². The number of ether oxygens (including phenoxy) is 1. The van der Waals surface area contributed by atoms with Crippen molar-refractivity contribution in [3.63, 3.8) is 0 Å². The number of hydrogen-bond donors (Lipinski definition) is 1. The van der Waals surface area contributed by atoms with Gasteiger partial charge in [0.05, 0.1) is 47.9 Å². The molecule has 0 spiro atoms. The van der Waals surface area contributed by atoms with Crippen molar-refractivity contribution in [2.75, 3.05) is 32.1 Å². The molecule has 5 heterocycles. The number of halogens is 1. The van der Waals surface area contributed by atoms with E-state index in [-0.39, 0.29) is 34.6 Å². The number of nitrogens with zero attached hydrogens (tertiary/aromatic N) is 8. The predicted octanol–water partition coefficient (Wildman–Crippen LogP) is 5.97. The number of rotatable bonds is 8. The van der Waals surface area contributed by atoms with Gasteiger partial charge in [-0.25, -0.2) is 19.9 Å². The molecule has 1 amide bonds. The zero-order chi connectivity index (χ0) is 33.3. The Morgan fingerprint density at radius 2 is 1.77 bits per heavy atom. The fraction of sp³-hybridized carbons (Fsp3) is 0.543. The maximum absolute atomic E-state index is 14.2. The lowest BCUT2D eigenvalue weighted by atomic mass is 9.76. The molecule has 47 heavy (non-hydrogen) atoms. The molecule has 1 saturated carbocycles. The number of aliphatic imine (C=N–C) groups is 1. The molecule has 0 aromatic carbocycles. The van der Waals surface area contributed by atoms with Crippen LogP contribution in [0.15, 0.2) is 47.1 Å². The summed E-state index contributed by atoms with van der Waals surface area (Å²) in [7, 11) is 1.53. The van der Waals surface area contributed by atoms with Gasteiger partial charge in [0.25, 0.3) is 0 Å². The Morgan fingerprint density at radius 3 is 2.34 bits per heavy atom. The van der Waals surface area contributed by atoms with Gasteiger partial charge in [-0.15, -0.1) is 0 Å². The molecule has 0 bridgehead atoms. The smallest absolute Gasteiger partial charge is 0.316 e. The van der Waals surface area contributed by atoms with Gasteiger partial charge in [-0.05, 0) is 54.9 Å². The van der Waals surface area contributed by atoms with E-state index in [0.717, 1.165) is 67.7 Å². The molecule has 1 unspecified atom stereocenters. The average molecular weight is 658 g/mol. The number of carbonyl (C=O) groups is 1. The summed E-state index contributed by atoms with van der Waals surface area (Å²) < 4.78 is 5.08. The molecule has 6 rings (SSSR count). The molecule has 1 atom stereocenters. The summed E-state index contributed by atoms with van der Waals surface area (Å²) in [5.74, 6) is 0.508. The number of allylic oxidation sites excluding steroid dienone is 1. The molecule has 3 aromatic heterocycles. The Hall–Kier alpha value is -3.99. The highest BCUT2D eigenvalue weighted by atomic mass is 35.5. The minimum Gasteiger partial charge on any atom is -0.467 e. The van der Waals surface area contributed by atoms with E-state index in [4.69, 9.17) is 36.3 Å². The maximum Gasteiger partial charge on any atom is 0.316 e. The highest BCUT2D eigenvalue weighted by Gasteiger charge is 2.41. The van der Waals surface area contributed by atoms with Crippen LogP contribution in [-0.2, 0) is 10.2 Å². The molecule has 2 fully saturated rings. The Morgan fingerprint density at radius 1 is 1.02 bits per heavy atom. The molecular formula is C35H44ClN9O2. The molecule has 1 N–H and O–H groups in total. The van der Waals surface area contributed by atoms with Crippen molar-refractivity contribution in [2.45, 2.75) is 84.1 Å². The number of methoxy groups -OCH3 is 1. The van der Waals surface area contributed by atoms with Crippen LogP contribution < -0.4 is 10.1 Å². The van der Waals surface area contributed by atoms with Crippen molar-refractivity contribution < 1.29 is 9.53 Å². The first kappa shape index (κ1) is 32.9. The highest BCUT2D eigenvalue weighted by molar-refractivity contribution is 6.46. The van der Waals surface area contributed by atoms with Crippen molar-refractivity contribution >= 4 is 29.2 Å². The normalized spacial score (nSPS) is 21.6. The number of nitrogens with one attached hydrogen (secondary N) is 1. The summed E-state index contributed by atoms with van der Waals surface area (Å²) in [6.45, 7) is 13.0. The molecular weight excluding hydrogens is 614 g/mol. The third kappa shape index (κ3) is 7.30. The van der Waals surface area contributed by atoms with E-state index in [0.29, 0.717) is 34.9 Å². The third-order valence-electron chi connectivity index (χ3n) is 9.50. The van der Waals surface area contributed by atoms with Crippen LogP contribution in [0.5, 0.6) is 6.01 Å². The highest BCUT2D eigenvalue weighted by Crippen LogP contribution is 2.40. The summed E-state index contributed by atoms with van der Waals surface area (Å²) >= 11 is 6.51. The lowest BCUT2D eigenvalue weighted by molar-refractivity contribution is -0.134. The lowest BCUT2D eigenvalue weighted by Gasteiger charge is -2.35. The van der Waals surface area contributed by atoms with Crippen LogP contribution >= 0.6 is 11.6 Å². The van der Waals surface area contributed by atoms with E-state index in [1.807, 2.05) is 17.2 Å². The van der Waals surface area contributed by atoms with Gasteiger partial charge in [0.2, 0.25) is 11.9 Å². The lowest BCUT2D eigenvalue weighted by Crippen LogP contribution is -2.39. The molecule has 0 radical (unpaired) electrons. The molecule has 3 aromatic rings. The fourth-order valence-electron chi connectivity index (χ4n) is 6.81. The molecule has 11 nitrogen and oxygen atoms in total. The van der Waals surface area contributed by atoms with Crippen LogP contribution in [0.3, 0.4) is 0 Å². The fourth-order valence-corrected chi connectivity index (χ4v) is 7.02. The first-order valence-electron chi connectivity index (χ1n) is 16.4. The topological polar surface area (TPSA) is 131 Å². The predicted molar refractivity (Wildman–Crippen MR) is 183 cm³/mol. The Labute approximate surface area is 281 Å². The zero-order valence-electron chi connectivity index (χ0n) is 28.1. The molecule has 1 saturated heterocycles. The summed E-state index contributed by atoms with van der Waals surface area (Å²) in [6.07, 6.45) is 15.1. The van der Waals surface area contributed by atoms with Crippen molar-refractivity contribution in [3.8, 4) is 17.3 Å². The van der Waals surface area contributed by atoms with Gasteiger partial charge in [-0.1, -0.05) is 46.2 Å². The minimum atomic E-state index is -0.359. The number of anilines is 1. The van der Waals surface area contributed by atoms with E-state index in [2.05, 4.69) is 54.9 Å². The maximum atomic E-state index is 14.2. The minimum absolute atomic E-state index is 0.108. The molecule has 248 valence electrons. The number of aromatic nitrogens is 6. The zero-order valence-corrected chi connectivity index (χ0v) is 28.9. The SMILES string of the molecule is COc1ncc(-c2cnc(C(C(=O)N3CCC(C)(C)C3)C3CCC(Nc4ncc(C(C)(C)C)c(C5=NCC=C5Cl)n4)CC3)cn2)cn1. The molecule has 3 aliphatic rings.